The van der Waals surface area contributed by atoms with Gasteiger partial charge in [0.05, 0.1) is 16.9 Å². The van der Waals surface area contributed by atoms with Crippen molar-refractivity contribution in [3.05, 3.63) is 70.4 Å². The molecule has 0 aliphatic heterocycles. The van der Waals surface area contributed by atoms with Crippen molar-refractivity contribution in [1.82, 2.24) is 4.98 Å². The SMILES string of the molecule is C/C(=N/Nc1ccnc2cc(Cl)ccc12)c1ccc(C)c(C)c1. The minimum Gasteiger partial charge on any atom is -0.277 e. The topological polar surface area (TPSA) is 37.3 Å². The van der Waals surface area contributed by atoms with E-state index in [9.17, 15) is 0 Å². The first kappa shape index (κ1) is 15.5. The second kappa shape index (κ2) is 6.39. The Morgan fingerprint density at radius 3 is 2.65 bits per heavy atom. The zero-order valence-electron chi connectivity index (χ0n) is 13.4. The Morgan fingerprint density at radius 1 is 1.04 bits per heavy atom. The molecular formula is C19H18ClN3. The van der Waals surface area contributed by atoms with Crippen LogP contribution in [-0.4, -0.2) is 10.7 Å². The van der Waals surface area contributed by atoms with E-state index in [1.807, 2.05) is 31.2 Å². The van der Waals surface area contributed by atoms with Gasteiger partial charge in [-0.05, 0) is 67.8 Å². The number of aromatic nitrogens is 1. The summed E-state index contributed by atoms with van der Waals surface area (Å²) in [6.45, 7) is 6.22. The molecule has 3 aromatic rings. The van der Waals surface area contributed by atoms with Gasteiger partial charge < -0.3 is 0 Å². The standard InChI is InChI=1S/C19H18ClN3/c1-12-4-5-15(10-13(12)2)14(3)22-23-18-8-9-21-19-11-16(20)6-7-17(18)19/h4-11H,1-3H3,(H,21,23)/b22-14-. The predicted molar refractivity (Wildman–Crippen MR) is 98.5 cm³/mol. The van der Waals surface area contributed by atoms with Crippen molar-refractivity contribution in [3.8, 4) is 0 Å². The number of nitrogens with one attached hydrogen (secondary N) is 1. The number of nitrogens with zero attached hydrogens (tertiary/aromatic N) is 2. The Morgan fingerprint density at radius 2 is 1.87 bits per heavy atom. The molecule has 116 valence electrons. The highest BCUT2D eigenvalue weighted by Gasteiger charge is 2.03. The van der Waals surface area contributed by atoms with Crippen molar-refractivity contribution in [2.75, 3.05) is 5.43 Å². The molecule has 0 aliphatic carbocycles. The molecule has 0 radical (unpaired) electrons. The van der Waals surface area contributed by atoms with Gasteiger partial charge in [0.2, 0.25) is 0 Å². The van der Waals surface area contributed by atoms with Crippen molar-refractivity contribution >= 4 is 33.9 Å². The first-order valence-corrected chi connectivity index (χ1v) is 7.84. The van der Waals surface area contributed by atoms with Gasteiger partial charge in [-0.25, -0.2) is 0 Å². The highest BCUT2D eigenvalue weighted by molar-refractivity contribution is 6.31. The summed E-state index contributed by atoms with van der Waals surface area (Å²) in [6.07, 6.45) is 1.75. The van der Waals surface area contributed by atoms with Gasteiger partial charge in [0.15, 0.2) is 0 Å². The quantitative estimate of drug-likeness (QED) is 0.521. The van der Waals surface area contributed by atoms with Crippen LogP contribution in [0.25, 0.3) is 10.9 Å². The lowest BCUT2D eigenvalue weighted by atomic mass is 10.0. The van der Waals surface area contributed by atoms with E-state index in [2.05, 4.69) is 47.6 Å². The maximum atomic E-state index is 6.02. The molecule has 0 spiro atoms. The Hall–Kier alpha value is -2.39. The van der Waals surface area contributed by atoms with Crippen LogP contribution in [-0.2, 0) is 0 Å². The van der Waals surface area contributed by atoms with E-state index < -0.39 is 0 Å². The summed E-state index contributed by atoms with van der Waals surface area (Å²) in [5.41, 5.74) is 9.50. The summed E-state index contributed by atoms with van der Waals surface area (Å²) in [6, 6.07) is 13.9. The number of halogens is 1. The summed E-state index contributed by atoms with van der Waals surface area (Å²) in [7, 11) is 0. The molecule has 3 nitrogen and oxygen atoms in total. The van der Waals surface area contributed by atoms with Gasteiger partial charge in [0.1, 0.15) is 0 Å². The van der Waals surface area contributed by atoms with Crippen molar-refractivity contribution < 1.29 is 0 Å². The maximum absolute atomic E-state index is 6.02. The zero-order chi connectivity index (χ0) is 16.4. The van der Waals surface area contributed by atoms with Gasteiger partial charge in [0.25, 0.3) is 0 Å². The number of anilines is 1. The Balaban J connectivity index is 1.91. The average Bonchev–Trinajstić information content (AvgIpc) is 2.54. The number of hydrazone groups is 1. The first-order valence-electron chi connectivity index (χ1n) is 7.47. The molecule has 4 heteroatoms. The van der Waals surface area contributed by atoms with Crippen LogP contribution < -0.4 is 5.43 Å². The summed E-state index contributed by atoms with van der Waals surface area (Å²) >= 11 is 6.02. The van der Waals surface area contributed by atoms with E-state index in [4.69, 9.17) is 11.6 Å². The molecule has 3 rings (SSSR count). The molecule has 0 unspecified atom stereocenters. The van der Waals surface area contributed by atoms with Gasteiger partial charge in [-0.3, -0.25) is 10.4 Å². The van der Waals surface area contributed by atoms with Crippen LogP contribution in [0.4, 0.5) is 5.69 Å². The minimum atomic E-state index is 0.678. The number of hydrogen-bond donors (Lipinski definition) is 1. The molecule has 2 aromatic carbocycles. The smallest absolute Gasteiger partial charge is 0.0738 e. The van der Waals surface area contributed by atoms with Crippen LogP contribution in [0.1, 0.15) is 23.6 Å². The van der Waals surface area contributed by atoms with E-state index in [0.717, 1.165) is 27.9 Å². The zero-order valence-corrected chi connectivity index (χ0v) is 14.1. The lowest BCUT2D eigenvalue weighted by molar-refractivity contribution is 1.29. The third-order valence-corrected chi connectivity index (χ3v) is 4.21. The number of fused-ring (bicyclic) bond motifs is 1. The van der Waals surface area contributed by atoms with Crippen LogP contribution in [0.5, 0.6) is 0 Å². The fraction of sp³-hybridized carbons (Fsp3) is 0.158. The van der Waals surface area contributed by atoms with E-state index in [0.29, 0.717) is 5.02 Å². The molecule has 1 heterocycles. The maximum Gasteiger partial charge on any atom is 0.0738 e. The number of hydrogen-bond acceptors (Lipinski definition) is 3. The Bertz CT molecular complexity index is 900. The molecule has 0 fully saturated rings. The summed E-state index contributed by atoms with van der Waals surface area (Å²) in [5.74, 6) is 0. The summed E-state index contributed by atoms with van der Waals surface area (Å²) < 4.78 is 0. The summed E-state index contributed by atoms with van der Waals surface area (Å²) in [4.78, 5) is 4.34. The predicted octanol–water partition coefficient (Wildman–Crippen LogP) is 5.34. The highest BCUT2D eigenvalue weighted by atomic mass is 35.5. The minimum absolute atomic E-state index is 0.678. The molecule has 0 saturated carbocycles. The normalized spacial score (nSPS) is 11.7. The van der Waals surface area contributed by atoms with Gasteiger partial charge in [0, 0.05) is 16.6 Å². The van der Waals surface area contributed by atoms with E-state index in [-0.39, 0.29) is 0 Å². The van der Waals surface area contributed by atoms with Crippen molar-refractivity contribution in [3.63, 3.8) is 0 Å². The monoisotopic (exact) mass is 323 g/mol. The molecule has 0 aliphatic rings. The molecule has 1 N–H and O–H groups in total. The van der Waals surface area contributed by atoms with Crippen molar-refractivity contribution in [2.45, 2.75) is 20.8 Å². The third kappa shape index (κ3) is 3.35. The third-order valence-electron chi connectivity index (χ3n) is 3.97. The van der Waals surface area contributed by atoms with Gasteiger partial charge >= 0.3 is 0 Å². The molecule has 23 heavy (non-hydrogen) atoms. The van der Waals surface area contributed by atoms with Gasteiger partial charge in [-0.15, -0.1) is 0 Å². The lowest BCUT2D eigenvalue weighted by Crippen LogP contribution is -2.01. The van der Waals surface area contributed by atoms with Gasteiger partial charge in [-0.2, -0.15) is 5.10 Å². The van der Waals surface area contributed by atoms with Crippen LogP contribution >= 0.6 is 11.6 Å². The van der Waals surface area contributed by atoms with Crippen LogP contribution in [0.3, 0.4) is 0 Å². The average molecular weight is 324 g/mol. The number of benzene rings is 2. The largest absolute Gasteiger partial charge is 0.277 e. The number of pyridine rings is 1. The Kier molecular flexibility index (Phi) is 4.30. The lowest BCUT2D eigenvalue weighted by Gasteiger charge is -2.08. The van der Waals surface area contributed by atoms with Gasteiger partial charge in [-0.1, -0.05) is 23.7 Å². The van der Waals surface area contributed by atoms with Crippen LogP contribution in [0.2, 0.25) is 5.02 Å². The van der Waals surface area contributed by atoms with E-state index in [1.165, 1.54) is 11.1 Å². The molecule has 0 bridgehead atoms. The van der Waals surface area contributed by atoms with Crippen LogP contribution in [0, 0.1) is 13.8 Å². The van der Waals surface area contributed by atoms with E-state index >= 15 is 0 Å². The van der Waals surface area contributed by atoms with Crippen molar-refractivity contribution in [1.29, 1.82) is 0 Å². The second-order valence-electron chi connectivity index (χ2n) is 5.63. The molecule has 0 saturated heterocycles. The molecule has 0 atom stereocenters. The molecular weight excluding hydrogens is 306 g/mol. The summed E-state index contributed by atoms with van der Waals surface area (Å²) in [5, 5.41) is 6.19. The fourth-order valence-electron chi connectivity index (χ4n) is 2.39. The highest BCUT2D eigenvalue weighted by Crippen LogP contribution is 2.24. The second-order valence-corrected chi connectivity index (χ2v) is 6.06. The van der Waals surface area contributed by atoms with Crippen molar-refractivity contribution in [2.24, 2.45) is 5.10 Å². The molecule has 0 amide bonds. The van der Waals surface area contributed by atoms with E-state index in [1.54, 1.807) is 6.20 Å². The number of rotatable bonds is 3. The first-order chi connectivity index (χ1) is 11.0. The Labute approximate surface area is 141 Å². The van der Waals surface area contributed by atoms with Crippen LogP contribution in [0.15, 0.2) is 53.8 Å². The molecule has 1 aromatic heterocycles. The fourth-order valence-corrected chi connectivity index (χ4v) is 2.56. The number of aryl methyl sites for hydroxylation is 2.